The topological polar surface area (TPSA) is 61.2 Å². The molecule has 9 heteroatoms. The largest absolute Gasteiger partial charge is 0.457 e. The van der Waals surface area contributed by atoms with Gasteiger partial charge in [-0.1, -0.05) is 26.0 Å². The predicted octanol–water partition coefficient (Wildman–Crippen LogP) is 6.19. The number of sulfone groups is 1. The summed E-state index contributed by atoms with van der Waals surface area (Å²) in [5.41, 5.74) is 0.155. The molecule has 4 rings (SSSR count). The number of rotatable bonds is 6. The van der Waals surface area contributed by atoms with Crippen LogP contribution in [0.1, 0.15) is 25.2 Å². The average Bonchev–Trinajstić information content (AvgIpc) is 3.18. The van der Waals surface area contributed by atoms with Crippen LogP contribution in [0.25, 0.3) is 16.7 Å². The molecule has 0 amide bonds. The maximum absolute atomic E-state index is 13.4. The van der Waals surface area contributed by atoms with Crippen molar-refractivity contribution in [2.24, 2.45) is 0 Å². The van der Waals surface area contributed by atoms with Crippen LogP contribution in [0.15, 0.2) is 71.6 Å². The molecule has 0 aliphatic heterocycles. The van der Waals surface area contributed by atoms with Crippen molar-refractivity contribution in [3.05, 3.63) is 78.1 Å². The van der Waals surface area contributed by atoms with Crippen LogP contribution in [-0.4, -0.2) is 23.7 Å². The molecular formula is C24H21F3N2O3S. The molecule has 4 aromatic rings. The Morgan fingerprint density at radius 3 is 2.27 bits per heavy atom. The Balaban J connectivity index is 1.69. The standard InChI is InChI=1S/C24H21F3N2O3S/c1-3-22-28-23-20(24(25,26)27)9-6-10-21(23)29(22)16-11-13-17(14-12-16)32-18-7-5-8-19(15-18)33(30,31)4-2/h5-15H,3-4H2,1-2H3. The summed E-state index contributed by atoms with van der Waals surface area (Å²) in [6.45, 7) is 3.41. The summed E-state index contributed by atoms with van der Waals surface area (Å²) >= 11 is 0. The van der Waals surface area contributed by atoms with E-state index in [2.05, 4.69) is 4.98 Å². The first-order valence-electron chi connectivity index (χ1n) is 10.3. The second-order valence-corrected chi connectivity index (χ2v) is 9.64. The molecule has 33 heavy (non-hydrogen) atoms. The molecule has 0 fully saturated rings. The molecule has 1 heterocycles. The van der Waals surface area contributed by atoms with Gasteiger partial charge in [0.25, 0.3) is 0 Å². The average molecular weight is 475 g/mol. The lowest BCUT2D eigenvalue weighted by Crippen LogP contribution is -2.05. The third-order valence-electron chi connectivity index (χ3n) is 5.25. The zero-order valence-corrected chi connectivity index (χ0v) is 18.7. The summed E-state index contributed by atoms with van der Waals surface area (Å²) in [4.78, 5) is 4.44. The second-order valence-electron chi connectivity index (χ2n) is 7.36. The first kappa shape index (κ1) is 22.8. The van der Waals surface area contributed by atoms with Gasteiger partial charge in [-0.15, -0.1) is 0 Å². The summed E-state index contributed by atoms with van der Waals surface area (Å²) in [5, 5.41) is 0. The van der Waals surface area contributed by atoms with Gasteiger partial charge < -0.3 is 4.74 Å². The van der Waals surface area contributed by atoms with Crippen molar-refractivity contribution in [2.75, 3.05) is 5.75 Å². The van der Waals surface area contributed by atoms with E-state index in [1.165, 1.54) is 18.2 Å². The minimum absolute atomic E-state index is 0.0141. The van der Waals surface area contributed by atoms with Crippen molar-refractivity contribution in [3.8, 4) is 17.2 Å². The molecular weight excluding hydrogens is 453 g/mol. The maximum atomic E-state index is 13.4. The zero-order chi connectivity index (χ0) is 23.8. The fourth-order valence-electron chi connectivity index (χ4n) is 3.60. The number of halogens is 3. The van der Waals surface area contributed by atoms with Gasteiger partial charge in [0.05, 0.1) is 21.7 Å². The molecule has 0 radical (unpaired) electrons. The van der Waals surface area contributed by atoms with Crippen molar-refractivity contribution in [1.82, 2.24) is 9.55 Å². The Morgan fingerprint density at radius 2 is 1.64 bits per heavy atom. The zero-order valence-electron chi connectivity index (χ0n) is 17.9. The number of benzene rings is 3. The predicted molar refractivity (Wildman–Crippen MR) is 120 cm³/mol. The number of ether oxygens (including phenoxy) is 1. The van der Waals surface area contributed by atoms with Crippen molar-refractivity contribution in [3.63, 3.8) is 0 Å². The highest BCUT2D eigenvalue weighted by Crippen LogP contribution is 2.36. The Kier molecular flexibility index (Phi) is 5.92. The van der Waals surface area contributed by atoms with Crippen molar-refractivity contribution < 1.29 is 26.3 Å². The normalized spacial score (nSPS) is 12.3. The third-order valence-corrected chi connectivity index (χ3v) is 6.98. The molecule has 0 spiro atoms. The van der Waals surface area contributed by atoms with Gasteiger partial charge in [-0.3, -0.25) is 4.57 Å². The molecule has 172 valence electrons. The van der Waals surface area contributed by atoms with E-state index >= 15 is 0 Å². The number of para-hydroxylation sites is 1. The van der Waals surface area contributed by atoms with Gasteiger partial charge in [0.2, 0.25) is 0 Å². The van der Waals surface area contributed by atoms with Crippen LogP contribution < -0.4 is 4.74 Å². The lowest BCUT2D eigenvalue weighted by atomic mass is 10.1. The summed E-state index contributed by atoms with van der Waals surface area (Å²) in [6, 6.07) is 17.1. The van der Waals surface area contributed by atoms with E-state index in [1.807, 2.05) is 6.92 Å². The van der Waals surface area contributed by atoms with Crippen LogP contribution in [0.2, 0.25) is 0 Å². The minimum atomic E-state index is -4.50. The number of imidazole rings is 1. The highest BCUT2D eigenvalue weighted by molar-refractivity contribution is 7.91. The van der Waals surface area contributed by atoms with Gasteiger partial charge in [-0.05, 0) is 54.6 Å². The number of hydrogen-bond acceptors (Lipinski definition) is 4. The van der Waals surface area contributed by atoms with Crippen LogP contribution in [0, 0.1) is 0 Å². The molecule has 0 N–H and O–H groups in total. The van der Waals surface area contributed by atoms with Gasteiger partial charge in [0, 0.05) is 12.1 Å². The summed E-state index contributed by atoms with van der Waals surface area (Å²) in [6.07, 6.45) is -4.05. The first-order valence-corrected chi connectivity index (χ1v) is 12.0. The maximum Gasteiger partial charge on any atom is 0.418 e. The SMILES string of the molecule is CCc1nc2c(C(F)(F)F)cccc2n1-c1ccc(Oc2cccc(S(=O)(=O)CC)c2)cc1. The number of hydrogen-bond donors (Lipinski definition) is 0. The molecule has 0 bridgehead atoms. The summed E-state index contributed by atoms with van der Waals surface area (Å²) in [5.74, 6) is 1.32. The third kappa shape index (κ3) is 4.45. The Labute approximate surface area is 189 Å². The lowest BCUT2D eigenvalue weighted by molar-refractivity contribution is -0.136. The van der Waals surface area contributed by atoms with Crippen molar-refractivity contribution >= 4 is 20.9 Å². The minimum Gasteiger partial charge on any atom is -0.457 e. The van der Waals surface area contributed by atoms with Crippen LogP contribution in [0.5, 0.6) is 11.5 Å². The Bertz CT molecular complexity index is 1410. The quantitative estimate of drug-likeness (QED) is 0.334. The Morgan fingerprint density at radius 1 is 0.939 bits per heavy atom. The van der Waals surface area contributed by atoms with Crippen molar-refractivity contribution in [2.45, 2.75) is 31.3 Å². The summed E-state index contributed by atoms with van der Waals surface area (Å²) in [7, 11) is -3.36. The van der Waals surface area contributed by atoms with E-state index in [-0.39, 0.29) is 16.2 Å². The van der Waals surface area contributed by atoms with E-state index in [9.17, 15) is 21.6 Å². The molecule has 1 aromatic heterocycles. The number of aromatic nitrogens is 2. The lowest BCUT2D eigenvalue weighted by Gasteiger charge is -2.11. The molecule has 0 saturated carbocycles. The molecule has 0 atom stereocenters. The van der Waals surface area contributed by atoms with E-state index in [4.69, 9.17) is 4.74 Å². The van der Waals surface area contributed by atoms with Crippen LogP contribution >= 0.6 is 0 Å². The number of fused-ring (bicyclic) bond motifs is 1. The molecule has 3 aromatic carbocycles. The highest BCUT2D eigenvalue weighted by atomic mass is 32.2. The number of aryl methyl sites for hydroxylation is 1. The van der Waals surface area contributed by atoms with Gasteiger partial charge in [-0.2, -0.15) is 13.2 Å². The molecule has 0 aliphatic rings. The summed E-state index contributed by atoms with van der Waals surface area (Å²) < 4.78 is 72.0. The van der Waals surface area contributed by atoms with Crippen molar-refractivity contribution in [1.29, 1.82) is 0 Å². The fourth-order valence-corrected chi connectivity index (χ4v) is 4.51. The van der Waals surface area contributed by atoms with Gasteiger partial charge in [0.15, 0.2) is 9.84 Å². The molecule has 0 saturated heterocycles. The van der Waals surface area contributed by atoms with E-state index < -0.39 is 21.6 Å². The van der Waals surface area contributed by atoms with E-state index in [1.54, 1.807) is 54.0 Å². The second kappa shape index (κ2) is 8.55. The van der Waals surface area contributed by atoms with Crippen LogP contribution in [0.3, 0.4) is 0 Å². The van der Waals surface area contributed by atoms with Crippen LogP contribution in [0.4, 0.5) is 13.2 Å². The molecule has 5 nitrogen and oxygen atoms in total. The van der Waals surface area contributed by atoms with Gasteiger partial charge >= 0.3 is 6.18 Å². The van der Waals surface area contributed by atoms with E-state index in [0.29, 0.717) is 34.9 Å². The number of alkyl halides is 3. The van der Waals surface area contributed by atoms with Gasteiger partial charge in [0.1, 0.15) is 22.8 Å². The van der Waals surface area contributed by atoms with Crippen LogP contribution in [-0.2, 0) is 22.4 Å². The Hall–Kier alpha value is -3.33. The molecule has 0 unspecified atom stereocenters. The highest BCUT2D eigenvalue weighted by Gasteiger charge is 2.34. The fraction of sp³-hybridized carbons (Fsp3) is 0.208. The smallest absolute Gasteiger partial charge is 0.418 e. The van der Waals surface area contributed by atoms with E-state index in [0.717, 1.165) is 6.07 Å². The monoisotopic (exact) mass is 474 g/mol. The van der Waals surface area contributed by atoms with Gasteiger partial charge in [-0.25, -0.2) is 13.4 Å². The first-order chi connectivity index (χ1) is 15.6. The molecule has 0 aliphatic carbocycles. The number of nitrogens with zero attached hydrogens (tertiary/aromatic N) is 2.